The van der Waals surface area contributed by atoms with E-state index in [1.807, 2.05) is 48.2 Å². The van der Waals surface area contributed by atoms with Crippen LogP contribution in [0.2, 0.25) is 0 Å². The molecule has 7 nitrogen and oxygen atoms in total. The van der Waals surface area contributed by atoms with Crippen LogP contribution >= 0.6 is 0 Å². The molecule has 1 saturated heterocycles. The number of hydrogen-bond acceptors (Lipinski definition) is 6. The highest BCUT2D eigenvalue weighted by Gasteiger charge is 2.44. The molecule has 1 aliphatic heterocycles. The van der Waals surface area contributed by atoms with Gasteiger partial charge in [0.1, 0.15) is 11.9 Å². The van der Waals surface area contributed by atoms with Gasteiger partial charge in [-0.15, -0.1) is 0 Å². The first-order valence-corrected chi connectivity index (χ1v) is 11.0. The summed E-state index contributed by atoms with van der Waals surface area (Å²) in [7, 11) is 5.29. The molecule has 1 amide bonds. The number of fused-ring (bicyclic) bond motifs is 1. The van der Waals surface area contributed by atoms with Crippen molar-refractivity contribution in [1.29, 1.82) is 0 Å². The lowest BCUT2D eigenvalue weighted by Gasteiger charge is -2.35. The SMILES string of the molecule is COC(=O)c1ccc(O[C@H]2C[C@@H]3CN(C(=O)c4ccc(N(C)C)cc4)C[C@@H]3C[C@@H]2O)cc1. The van der Waals surface area contributed by atoms with Gasteiger partial charge in [0.25, 0.3) is 5.91 Å². The van der Waals surface area contributed by atoms with Crippen LogP contribution in [-0.2, 0) is 4.74 Å². The molecule has 0 aromatic heterocycles. The van der Waals surface area contributed by atoms with Crippen LogP contribution < -0.4 is 9.64 Å². The highest BCUT2D eigenvalue weighted by Crippen LogP contribution is 2.38. The number of carbonyl (C=O) groups is 2. The van der Waals surface area contributed by atoms with Crippen molar-refractivity contribution in [1.82, 2.24) is 4.90 Å². The fourth-order valence-corrected chi connectivity index (χ4v) is 4.73. The van der Waals surface area contributed by atoms with Gasteiger partial charge in [-0.2, -0.15) is 0 Å². The molecular weight excluding hydrogens is 408 g/mol. The van der Waals surface area contributed by atoms with Crippen LogP contribution in [0.15, 0.2) is 48.5 Å². The lowest BCUT2D eigenvalue weighted by Crippen LogP contribution is -2.42. The summed E-state index contributed by atoms with van der Waals surface area (Å²) in [6.07, 6.45) is 0.368. The smallest absolute Gasteiger partial charge is 0.337 e. The van der Waals surface area contributed by atoms with Gasteiger partial charge >= 0.3 is 5.97 Å². The van der Waals surface area contributed by atoms with Crippen LogP contribution in [0.4, 0.5) is 5.69 Å². The average Bonchev–Trinajstić information content (AvgIpc) is 3.21. The Bertz CT molecular complexity index is 957. The predicted molar refractivity (Wildman–Crippen MR) is 121 cm³/mol. The summed E-state index contributed by atoms with van der Waals surface area (Å²) < 4.78 is 10.8. The predicted octanol–water partition coefficient (Wildman–Crippen LogP) is 2.83. The molecule has 4 atom stereocenters. The summed E-state index contributed by atoms with van der Waals surface area (Å²) >= 11 is 0. The molecule has 1 heterocycles. The maximum atomic E-state index is 13.0. The molecule has 32 heavy (non-hydrogen) atoms. The van der Waals surface area contributed by atoms with Crippen molar-refractivity contribution in [3.05, 3.63) is 59.7 Å². The molecule has 7 heteroatoms. The lowest BCUT2D eigenvalue weighted by molar-refractivity contribution is -0.0231. The van der Waals surface area contributed by atoms with Gasteiger partial charge in [-0.25, -0.2) is 4.79 Å². The van der Waals surface area contributed by atoms with Crippen molar-refractivity contribution in [3.8, 4) is 5.75 Å². The summed E-state index contributed by atoms with van der Waals surface area (Å²) in [4.78, 5) is 28.5. The number of anilines is 1. The molecular formula is C25H30N2O5. The first-order chi connectivity index (χ1) is 15.4. The van der Waals surface area contributed by atoms with E-state index in [1.165, 1.54) is 7.11 Å². The first-order valence-electron chi connectivity index (χ1n) is 11.0. The summed E-state index contributed by atoms with van der Waals surface area (Å²) in [6.45, 7) is 1.34. The second-order valence-corrected chi connectivity index (χ2v) is 8.88. The Labute approximate surface area is 188 Å². The zero-order chi connectivity index (χ0) is 22.8. The van der Waals surface area contributed by atoms with Crippen molar-refractivity contribution in [2.75, 3.05) is 39.2 Å². The van der Waals surface area contributed by atoms with E-state index in [0.29, 0.717) is 48.7 Å². The number of methoxy groups -OCH3 is 1. The van der Waals surface area contributed by atoms with E-state index in [-0.39, 0.29) is 17.9 Å². The van der Waals surface area contributed by atoms with Crippen LogP contribution in [0, 0.1) is 11.8 Å². The Balaban J connectivity index is 1.38. The summed E-state index contributed by atoms with van der Waals surface area (Å²) in [5, 5.41) is 10.7. The van der Waals surface area contributed by atoms with E-state index < -0.39 is 12.1 Å². The molecule has 0 unspecified atom stereocenters. The van der Waals surface area contributed by atoms with Crippen LogP contribution in [0.3, 0.4) is 0 Å². The monoisotopic (exact) mass is 438 g/mol. The first kappa shape index (κ1) is 22.1. The topological polar surface area (TPSA) is 79.3 Å². The summed E-state index contributed by atoms with van der Waals surface area (Å²) in [6, 6.07) is 14.4. The van der Waals surface area contributed by atoms with Gasteiger partial charge in [0.15, 0.2) is 0 Å². The number of nitrogens with zero attached hydrogens (tertiary/aromatic N) is 2. The number of carbonyl (C=O) groups excluding carboxylic acids is 2. The van der Waals surface area contributed by atoms with Crippen LogP contribution in [0.1, 0.15) is 33.6 Å². The third kappa shape index (κ3) is 4.58. The van der Waals surface area contributed by atoms with Crippen molar-refractivity contribution < 1.29 is 24.2 Å². The molecule has 2 aromatic carbocycles. The van der Waals surface area contributed by atoms with Gasteiger partial charge in [0.05, 0.1) is 18.8 Å². The van der Waals surface area contributed by atoms with E-state index in [4.69, 9.17) is 9.47 Å². The van der Waals surface area contributed by atoms with E-state index in [2.05, 4.69) is 0 Å². The number of aliphatic hydroxyl groups is 1. The zero-order valence-corrected chi connectivity index (χ0v) is 18.7. The number of esters is 1. The van der Waals surface area contributed by atoms with Crippen LogP contribution in [0.5, 0.6) is 5.75 Å². The van der Waals surface area contributed by atoms with E-state index in [0.717, 1.165) is 5.69 Å². The maximum Gasteiger partial charge on any atom is 0.337 e. The molecule has 0 spiro atoms. The maximum absolute atomic E-state index is 13.0. The minimum absolute atomic E-state index is 0.0371. The minimum atomic E-state index is -0.592. The van der Waals surface area contributed by atoms with Crippen LogP contribution in [-0.4, -0.2) is 68.4 Å². The number of aliphatic hydroxyl groups excluding tert-OH is 1. The Hall–Kier alpha value is -3.06. The lowest BCUT2D eigenvalue weighted by atomic mass is 9.78. The Morgan fingerprint density at radius 2 is 1.53 bits per heavy atom. The highest BCUT2D eigenvalue weighted by atomic mass is 16.5. The molecule has 1 saturated carbocycles. The third-order valence-corrected chi connectivity index (χ3v) is 6.57. The Morgan fingerprint density at radius 3 is 2.12 bits per heavy atom. The summed E-state index contributed by atoms with van der Waals surface area (Å²) in [5.74, 6) is 0.811. The van der Waals surface area contributed by atoms with Gasteiger partial charge in [-0.05, 0) is 73.2 Å². The van der Waals surface area contributed by atoms with Crippen molar-refractivity contribution in [2.45, 2.75) is 25.0 Å². The normalized spacial score (nSPS) is 24.6. The van der Waals surface area contributed by atoms with Crippen molar-refractivity contribution in [3.63, 3.8) is 0 Å². The summed E-state index contributed by atoms with van der Waals surface area (Å²) in [5.41, 5.74) is 2.19. The van der Waals surface area contributed by atoms with Gasteiger partial charge in [-0.3, -0.25) is 4.79 Å². The second kappa shape index (κ2) is 9.20. The molecule has 1 aliphatic carbocycles. The molecule has 2 aliphatic rings. The third-order valence-electron chi connectivity index (χ3n) is 6.57. The van der Waals surface area contributed by atoms with E-state index >= 15 is 0 Å². The number of benzene rings is 2. The number of hydrogen-bond donors (Lipinski definition) is 1. The highest BCUT2D eigenvalue weighted by molar-refractivity contribution is 5.94. The molecule has 0 bridgehead atoms. The fourth-order valence-electron chi connectivity index (χ4n) is 4.73. The molecule has 170 valence electrons. The molecule has 0 radical (unpaired) electrons. The Kier molecular flexibility index (Phi) is 6.37. The second-order valence-electron chi connectivity index (χ2n) is 8.88. The standard InChI is InChI=1S/C25H30N2O5/c1-26(2)20-8-4-16(5-9-20)24(29)27-14-18-12-22(28)23(13-19(18)15-27)32-21-10-6-17(7-11-21)25(30)31-3/h4-11,18-19,22-23,28H,12-15H2,1-3H3/t18-,19+,22-,23-/m0/s1. The van der Waals surface area contributed by atoms with E-state index in [1.54, 1.807) is 24.3 Å². The van der Waals surface area contributed by atoms with Gasteiger partial charge in [0.2, 0.25) is 0 Å². The number of ether oxygens (including phenoxy) is 2. The van der Waals surface area contributed by atoms with Gasteiger partial charge < -0.3 is 24.4 Å². The molecule has 4 rings (SSSR count). The van der Waals surface area contributed by atoms with E-state index in [9.17, 15) is 14.7 Å². The van der Waals surface area contributed by atoms with Crippen molar-refractivity contribution >= 4 is 17.6 Å². The number of likely N-dealkylation sites (tertiary alicyclic amines) is 1. The largest absolute Gasteiger partial charge is 0.488 e. The molecule has 2 fully saturated rings. The number of amides is 1. The number of rotatable bonds is 5. The molecule has 1 N–H and O–H groups in total. The van der Waals surface area contributed by atoms with Gasteiger partial charge in [0, 0.05) is 38.4 Å². The fraction of sp³-hybridized carbons (Fsp3) is 0.440. The Morgan fingerprint density at radius 1 is 0.938 bits per heavy atom. The quantitative estimate of drug-likeness (QED) is 0.724. The van der Waals surface area contributed by atoms with Gasteiger partial charge in [-0.1, -0.05) is 0 Å². The minimum Gasteiger partial charge on any atom is -0.488 e. The van der Waals surface area contributed by atoms with Crippen molar-refractivity contribution in [2.24, 2.45) is 11.8 Å². The zero-order valence-electron chi connectivity index (χ0n) is 18.7. The molecule has 2 aromatic rings. The average molecular weight is 439 g/mol. The van der Waals surface area contributed by atoms with Crippen LogP contribution in [0.25, 0.3) is 0 Å².